The van der Waals surface area contributed by atoms with E-state index < -0.39 is 18.1 Å². The average Bonchev–Trinajstić information content (AvgIpc) is 2.63. The van der Waals surface area contributed by atoms with Crippen LogP contribution in [-0.4, -0.2) is 27.2 Å². The molecule has 0 amide bonds. The predicted molar refractivity (Wildman–Crippen MR) is 61.4 cm³/mol. The second-order valence-corrected chi connectivity index (χ2v) is 5.49. The van der Waals surface area contributed by atoms with E-state index in [2.05, 4.69) is 4.98 Å². The van der Waals surface area contributed by atoms with Crippen LogP contribution in [0.3, 0.4) is 0 Å². The van der Waals surface area contributed by atoms with Gasteiger partial charge in [0.2, 0.25) is 0 Å². The molecular formula is C10H16N2O3S. The summed E-state index contributed by atoms with van der Waals surface area (Å²) in [7, 11) is 0. The topological polar surface area (TPSA) is 96.4 Å². The van der Waals surface area contributed by atoms with Crippen LogP contribution in [-0.2, 0) is 10.2 Å². The van der Waals surface area contributed by atoms with Gasteiger partial charge in [-0.2, -0.15) is 0 Å². The predicted octanol–water partition coefficient (Wildman–Crippen LogP) is 0.886. The third kappa shape index (κ3) is 2.78. The number of aliphatic hydroxyl groups is 1. The van der Waals surface area contributed by atoms with Crippen LogP contribution in [0.25, 0.3) is 0 Å². The number of rotatable bonds is 3. The number of carbonyl (C=O) groups is 1. The summed E-state index contributed by atoms with van der Waals surface area (Å²) in [6.45, 7) is 6.00. The van der Waals surface area contributed by atoms with E-state index in [0.717, 1.165) is 5.01 Å². The number of aliphatic carboxylic acids is 1. The molecule has 1 aromatic heterocycles. The van der Waals surface area contributed by atoms with E-state index in [1.54, 1.807) is 5.38 Å². The molecule has 5 nitrogen and oxygen atoms in total. The largest absolute Gasteiger partial charge is 0.480 e. The van der Waals surface area contributed by atoms with Crippen LogP contribution in [0.15, 0.2) is 5.38 Å². The Kier molecular flexibility index (Phi) is 3.67. The zero-order chi connectivity index (χ0) is 12.5. The van der Waals surface area contributed by atoms with Gasteiger partial charge >= 0.3 is 5.97 Å². The smallest absolute Gasteiger partial charge is 0.323 e. The van der Waals surface area contributed by atoms with Gasteiger partial charge in [0.15, 0.2) is 0 Å². The molecule has 0 saturated carbocycles. The lowest BCUT2D eigenvalue weighted by Gasteiger charge is -2.15. The van der Waals surface area contributed by atoms with Crippen LogP contribution in [0.2, 0.25) is 0 Å². The van der Waals surface area contributed by atoms with Crippen molar-refractivity contribution in [1.82, 2.24) is 4.98 Å². The van der Waals surface area contributed by atoms with Gasteiger partial charge in [-0.15, -0.1) is 11.3 Å². The summed E-state index contributed by atoms with van der Waals surface area (Å²) in [6, 6.07) is -1.34. The van der Waals surface area contributed by atoms with Crippen molar-refractivity contribution < 1.29 is 15.0 Å². The van der Waals surface area contributed by atoms with E-state index in [0.29, 0.717) is 5.69 Å². The number of nitrogens with zero attached hydrogens (tertiary/aromatic N) is 1. The molecule has 0 aromatic carbocycles. The van der Waals surface area contributed by atoms with Gasteiger partial charge in [-0.05, 0) is 0 Å². The minimum atomic E-state index is -1.34. The molecule has 1 rings (SSSR count). The third-order valence-electron chi connectivity index (χ3n) is 2.09. The van der Waals surface area contributed by atoms with Crippen LogP contribution in [0.1, 0.15) is 37.6 Å². The lowest BCUT2D eigenvalue weighted by Crippen LogP contribution is -2.36. The lowest BCUT2D eigenvalue weighted by atomic mass is 9.98. The van der Waals surface area contributed by atoms with Crippen molar-refractivity contribution >= 4 is 17.3 Å². The molecule has 1 heterocycles. The maximum Gasteiger partial charge on any atom is 0.323 e. The number of hydrogen-bond donors (Lipinski definition) is 3. The first kappa shape index (κ1) is 13.1. The molecular weight excluding hydrogens is 228 g/mol. The van der Waals surface area contributed by atoms with Crippen molar-refractivity contribution in [1.29, 1.82) is 0 Å². The van der Waals surface area contributed by atoms with E-state index in [9.17, 15) is 9.90 Å². The van der Waals surface area contributed by atoms with Gasteiger partial charge < -0.3 is 15.9 Å². The van der Waals surface area contributed by atoms with Crippen molar-refractivity contribution in [3.05, 3.63) is 16.1 Å². The summed E-state index contributed by atoms with van der Waals surface area (Å²) in [5, 5.41) is 20.8. The van der Waals surface area contributed by atoms with E-state index >= 15 is 0 Å². The van der Waals surface area contributed by atoms with Gasteiger partial charge in [0.25, 0.3) is 0 Å². The Labute approximate surface area is 97.9 Å². The minimum Gasteiger partial charge on any atom is -0.480 e. The molecule has 0 aliphatic rings. The highest BCUT2D eigenvalue weighted by Gasteiger charge is 2.27. The first-order valence-electron chi connectivity index (χ1n) is 4.86. The summed E-state index contributed by atoms with van der Waals surface area (Å²) in [5.41, 5.74) is 5.53. The van der Waals surface area contributed by atoms with Crippen LogP contribution in [0, 0.1) is 0 Å². The Morgan fingerprint density at radius 2 is 2.12 bits per heavy atom. The third-order valence-corrected chi connectivity index (χ3v) is 3.38. The SMILES string of the molecule is CC(C)(C)c1nc(C(O)C(N)C(=O)O)cs1. The van der Waals surface area contributed by atoms with Gasteiger partial charge in [0, 0.05) is 10.8 Å². The number of thiazole rings is 1. The molecule has 0 spiro atoms. The molecule has 2 atom stereocenters. The molecule has 0 aliphatic carbocycles. The number of carboxylic acids is 1. The number of carboxylic acid groups (broad SMARTS) is 1. The number of hydrogen-bond acceptors (Lipinski definition) is 5. The summed E-state index contributed by atoms with van der Waals surface area (Å²) in [6.07, 6.45) is -1.26. The second kappa shape index (κ2) is 4.48. The summed E-state index contributed by atoms with van der Waals surface area (Å²) < 4.78 is 0. The van der Waals surface area contributed by atoms with Crippen molar-refractivity contribution in [2.75, 3.05) is 0 Å². The Morgan fingerprint density at radius 3 is 2.50 bits per heavy atom. The van der Waals surface area contributed by atoms with Crippen molar-refractivity contribution in [2.24, 2.45) is 5.73 Å². The van der Waals surface area contributed by atoms with Crippen molar-refractivity contribution in [3.63, 3.8) is 0 Å². The molecule has 1 aromatic rings. The Balaban J connectivity index is 2.90. The minimum absolute atomic E-state index is 0.115. The van der Waals surface area contributed by atoms with Crippen LogP contribution in [0.4, 0.5) is 0 Å². The van der Waals surface area contributed by atoms with Gasteiger partial charge in [0.1, 0.15) is 12.1 Å². The lowest BCUT2D eigenvalue weighted by molar-refractivity contribution is -0.141. The normalized spacial score (nSPS) is 15.8. The summed E-state index contributed by atoms with van der Waals surface area (Å²) in [5.74, 6) is -1.24. The van der Waals surface area contributed by atoms with Crippen molar-refractivity contribution in [3.8, 4) is 0 Å². The van der Waals surface area contributed by atoms with Gasteiger partial charge in [-0.25, -0.2) is 4.98 Å². The summed E-state index contributed by atoms with van der Waals surface area (Å²) >= 11 is 1.39. The number of nitrogens with two attached hydrogens (primary N) is 1. The molecule has 0 radical (unpaired) electrons. The summed E-state index contributed by atoms with van der Waals surface area (Å²) in [4.78, 5) is 14.8. The second-order valence-electron chi connectivity index (χ2n) is 4.64. The van der Waals surface area contributed by atoms with Crippen LogP contribution >= 0.6 is 11.3 Å². The van der Waals surface area contributed by atoms with E-state index in [1.807, 2.05) is 20.8 Å². The van der Waals surface area contributed by atoms with Gasteiger partial charge in [-0.1, -0.05) is 20.8 Å². The molecule has 6 heteroatoms. The van der Waals surface area contributed by atoms with Crippen LogP contribution in [0.5, 0.6) is 0 Å². The molecule has 16 heavy (non-hydrogen) atoms. The zero-order valence-electron chi connectivity index (χ0n) is 9.47. The number of aliphatic hydroxyl groups excluding tert-OH is 1. The van der Waals surface area contributed by atoms with Gasteiger partial charge in [-0.3, -0.25) is 4.79 Å². The molecule has 0 bridgehead atoms. The number of aromatic nitrogens is 1. The maximum absolute atomic E-state index is 10.6. The average molecular weight is 244 g/mol. The van der Waals surface area contributed by atoms with Crippen molar-refractivity contribution in [2.45, 2.75) is 38.3 Å². The van der Waals surface area contributed by atoms with Crippen LogP contribution < -0.4 is 5.73 Å². The standard InChI is InChI=1S/C10H16N2O3S/c1-10(2,3)9-12-5(4-16-9)7(13)6(11)8(14)15/h4,6-7,13H,11H2,1-3H3,(H,14,15). The Bertz CT molecular complexity index is 384. The fourth-order valence-corrected chi connectivity index (χ4v) is 2.02. The molecule has 90 valence electrons. The zero-order valence-corrected chi connectivity index (χ0v) is 10.3. The first-order chi connectivity index (χ1) is 7.23. The fraction of sp³-hybridized carbons (Fsp3) is 0.600. The van der Waals surface area contributed by atoms with E-state index in [1.165, 1.54) is 11.3 Å². The maximum atomic E-state index is 10.6. The Hall–Kier alpha value is -0.980. The van der Waals surface area contributed by atoms with E-state index in [4.69, 9.17) is 10.8 Å². The molecule has 2 unspecified atom stereocenters. The highest BCUT2D eigenvalue weighted by atomic mass is 32.1. The highest BCUT2D eigenvalue weighted by molar-refractivity contribution is 7.09. The molecule has 0 saturated heterocycles. The molecule has 4 N–H and O–H groups in total. The molecule has 0 aliphatic heterocycles. The quantitative estimate of drug-likeness (QED) is 0.733. The van der Waals surface area contributed by atoms with Gasteiger partial charge in [0.05, 0.1) is 10.7 Å². The monoisotopic (exact) mass is 244 g/mol. The molecule has 0 fully saturated rings. The fourth-order valence-electron chi connectivity index (χ4n) is 1.09. The highest BCUT2D eigenvalue weighted by Crippen LogP contribution is 2.28. The van der Waals surface area contributed by atoms with E-state index in [-0.39, 0.29) is 5.41 Å². The first-order valence-corrected chi connectivity index (χ1v) is 5.74. The Morgan fingerprint density at radius 1 is 1.56 bits per heavy atom.